The topological polar surface area (TPSA) is 82.6 Å². The lowest BCUT2D eigenvalue weighted by Gasteiger charge is -2.37. The van der Waals surface area contributed by atoms with Gasteiger partial charge in [0.2, 0.25) is 5.91 Å². The van der Waals surface area contributed by atoms with Crippen LogP contribution >= 0.6 is 11.3 Å². The molecule has 2 fully saturated rings. The van der Waals surface area contributed by atoms with Gasteiger partial charge in [-0.3, -0.25) is 14.6 Å². The van der Waals surface area contributed by atoms with Gasteiger partial charge in [0.1, 0.15) is 0 Å². The number of nitrogens with one attached hydrogen (secondary N) is 1. The standard InChI is InChI=1S/C21H28N4O3S2/c1-16-3-2-4-17(11-16)12-19-13-22-21(29-19)23-20(26)14-24-6-8-25(9-7-24)18-5-10-30(27,28)15-18/h2-4,11,13,18H,5-10,12,14-15H2,1H3,(H,22,23,26). The van der Waals surface area contributed by atoms with Crippen LogP contribution < -0.4 is 5.32 Å². The number of hydrogen-bond acceptors (Lipinski definition) is 7. The van der Waals surface area contributed by atoms with E-state index in [2.05, 4.69) is 51.3 Å². The van der Waals surface area contributed by atoms with Gasteiger partial charge in [0, 0.05) is 49.7 Å². The molecule has 1 aromatic carbocycles. The van der Waals surface area contributed by atoms with E-state index >= 15 is 0 Å². The third-order valence-electron chi connectivity index (χ3n) is 5.76. The number of sulfone groups is 1. The van der Waals surface area contributed by atoms with E-state index in [0.29, 0.717) is 17.4 Å². The molecule has 0 spiro atoms. The molecule has 1 unspecified atom stereocenters. The molecule has 3 heterocycles. The molecule has 4 rings (SSSR count). The van der Waals surface area contributed by atoms with Crippen LogP contribution in [0.25, 0.3) is 0 Å². The van der Waals surface area contributed by atoms with Crippen LogP contribution in [0.2, 0.25) is 0 Å². The smallest absolute Gasteiger partial charge is 0.240 e. The van der Waals surface area contributed by atoms with Crippen molar-refractivity contribution in [3.8, 4) is 0 Å². The molecule has 162 valence electrons. The summed E-state index contributed by atoms with van der Waals surface area (Å²) in [6.45, 7) is 5.60. The van der Waals surface area contributed by atoms with Crippen LogP contribution in [-0.4, -0.2) is 79.4 Å². The molecule has 2 aliphatic heterocycles. The maximum Gasteiger partial charge on any atom is 0.240 e. The first kappa shape index (κ1) is 21.4. The summed E-state index contributed by atoms with van der Waals surface area (Å²) in [7, 11) is -2.86. The van der Waals surface area contributed by atoms with E-state index in [4.69, 9.17) is 0 Å². The number of anilines is 1. The number of aryl methyl sites for hydroxylation is 1. The van der Waals surface area contributed by atoms with Crippen molar-refractivity contribution in [1.29, 1.82) is 0 Å². The number of nitrogens with zero attached hydrogens (tertiary/aromatic N) is 3. The van der Waals surface area contributed by atoms with Crippen LogP contribution in [0.15, 0.2) is 30.5 Å². The molecule has 0 bridgehead atoms. The molecule has 30 heavy (non-hydrogen) atoms. The molecule has 1 amide bonds. The summed E-state index contributed by atoms with van der Waals surface area (Å²) in [5.74, 6) is 0.533. The molecule has 2 aliphatic rings. The number of hydrogen-bond donors (Lipinski definition) is 1. The molecular weight excluding hydrogens is 420 g/mol. The second-order valence-electron chi connectivity index (χ2n) is 8.21. The molecule has 0 aliphatic carbocycles. The third-order valence-corrected chi connectivity index (χ3v) is 8.42. The number of aromatic nitrogens is 1. The van der Waals surface area contributed by atoms with E-state index in [1.54, 1.807) is 0 Å². The van der Waals surface area contributed by atoms with Gasteiger partial charge in [0.25, 0.3) is 0 Å². The SMILES string of the molecule is Cc1cccc(Cc2cnc(NC(=O)CN3CCN(C4CCS(=O)(=O)C4)CC3)s2)c1. The van der Waals surface area contributed by atoms with Gasteiger partial charge in [-0.2, -0.15) is 0 Å². The number of rotatable bonds is 6. The van der Waals surface area contributed by atoms with Crippen LogP contribution in [0.4, 0.5) is 5.13 Å². The molecule has 0 radical (unpaired) electrons. The lowest BCUT2D eigenvalue weighted by Crippen LogP contribution is -2.52. The Morgan fingerprint density at radius 2 is 2.07 bits per heavy atom. The molecule has 1 atom stereocenters. The van der Waals surface area contributed by atoms with Crippen molar-refractivity contribution in [2.24, 2.45) is 0 Å². The Balaban J connectivity index is 1.22. The Morgan fingerprint density at radius 3 is 2.77 bits per heavy atom. The first-order valence-corrected chi connectivity index (χ1v) is 13.0. The van der Waals surface area contributed by atoms with E-state index in [1.165, 1.54) is 22.5 Å². The predicted molar refractivity (Wildman–Crippen MR) is 120 cm³/mol. The number of benzene rings is 1. The summed E-state index contributed by atoms with van der Waals surface area (Å²) < 4.78 is 23.4. The molecule has 2 saturated heterocycles. The van der Waals surface area contributed by atoms with Gasteiger partial charge in [-0.15, -0.1) is 11.3 Å². The van der Waals surface area contributed by atoms with Crippen molar-refractivity contribution in [3.63, 3.8) is 0 Å². The zero-order valence-corrected chi connectivity index (χ0v) is 18.8. The monoisotopic (exact) mass is 448 g/mol. The Morgan fingerprint density at radius 1 is 1.27 bits per heavy atom. The molecular formula is C21H28N4O3S2. The van der Waals surface area contributed by atoms with Gasteiger partial charge in [0.05, 0.1) is 18.1 Å². The van der Waals surface area contributed by atoms with Crippen molar-refractivity contribution in [3.05, 3.63) is 46.5 Å². The van der Waals surface area contributed by atoms with Gasteiger partial charge in [-0.25, -0.2) is 13.4 Å². The minimum Gasteiger partial charge on any atom is -0.301 e. The fourth-order valence-electron chi connectivity index (χ4n) is 4.18. The number of carbonyl (C=O) groups is 1. The van der Waals surface area contributed by atoms with Gasteiger partial charge < -0.3 is 5.32 Å². The van der Waals surface area contributed by atoms with Gasteiger partial charge in [-0.1, -0.05) is 29.8 Å². The number of amides is 1. The van der Waals surface area contributed by atoms with Gasteiger partial charge in [0.15, 0.2) is 15.0 Å². The zero-order valence-electron chi connectivity index (χ0n) is 17.2. The summed E-state index contributed by atoms with van der Waals surface area (Å²) >= 11 is 1.51. The summed E-state index contributed by atoms with van der Waals surface area (Å²) in [6, 6.07) is 8.55. The van der Waals surface area contributed by atoms with Crippen LogP contribution in [-0.2, 0) is 21.1 Å². The minimum atomic E-state index is -2.86. The molecule has 1 aromatic heterocycles. The summed E-state index contributed by atoms with van der Waals surface area (Å²) in [4.78, 5) is 22.3. The highest BCUT2D eigenvalue weighted by Crippen LogP contribution is 2.22. The van der Waals surface area contributed by atoms with Crippen molar-refractivity contribution < 1.29 is 13.2 Å². The maximum absolute atomic E-state index is 12.4. The molecule has 9 heteroatoms. The van der Waals surface area contributed by atoms with Crippen molar-refractivity contribution in [1.82, 2.24) is 14.8 Å². The fraction of sp³-hybridized carbons (Fsp3) is 0.524. The lowest BCUT2D eigenvalue weighted by molar-refractivity contribution is -0.117. The van der Waals surface area contributed by atoms with Crippen LogP contribution in [0, 0.1) is 6.92 Å². The summed E-state index contributed by atoms with van der Waals surface area (Å²) in [5, 5.41) is 3.55. The Kier molecular flexibility index (Phi) is 6.52. The van der Waals surface area contributed by atoms with Crippen molar-refractivity contribution >= 4 is 32.2 Å². The Bertz CT molecular complexity index is 997. The van der Waals surface area contributed by atoms with E-state index in [1.807, 2.05) is 6.20 Å². The van der Waals surface area contributed by atoms with E-state index in [-0.39, 0.29) is 17.7 Å². The summed E-state index contributed by atoms with van der Waals surface area (Å²) in [5.41, 5.74) is 2.48. The third kappa shape index (κ3) is 5.66. The highest BCUT2D eigenvalue weighted by atomic mass is 32.2. The van der Waals surface area contributed by atoms with E-state index in [9.17, 15) is 13.2 Å². The molecule has 7 nitrogen and oxygen atoms in total. The molecule has 1 N–H and O–H groups in total. The number of carbonyl (C=O) groups excluding carboxylic acids is 1. The average Bonchev–Trinajstić information content (AvgIpc) is 3.28. The first-order valence-electron chi connectivity index (χ1n) is 10.3. The Hall–Kier alpha value is -1.81. The van der Waals surface area contributed by atoms with Crippen LogP contribution in [0.1, 0.15) is 22.4 Å². The largest absolute Gasteiger partial charge is 0.301 e. The normalized spacial score (nSPS) is 22.2. The van der Waals surface area contributed by atoms with Crippen molar-refractivity contribution in [2.75, 3.05) is 49.5 Å². The lowest BCUT2D eigenvalue weighted by atomic mass is 10.1. The second kappa shape index (κ2) is 9.13. The Labute approximate surface area is 182 Å². The molecule has 0 saturated carbocycles. The highest BCUT2D eigenvalue weighted by Gasteiger charge is 2.33. The quantitative estimate of drug-likeness (QED) is 0.726. The van der Waals surface area contributed by atoms with Crippen LogP contribution in [0.3, 0.4) is 0 Å². The first-order chi connectivity index (χ1) is 14.4. The van der Waals surface area contributed by atoms with E-state index < -0.39 is 9.84 Å². The van der Waals surface area contributed by atoms with Crippen molar-refractivity contribution in [2.45, 2.75) is 25.8 Å². The summed E-state index contributed by atoms with van der Waals surface area (Å²) in [6.07, 6.45) is 3.38. The number of piperazine rings is 1. The fourth-order valence-corrected chi connectivity index (χ4v) is 6.81. The average molecular weight is 449 g/mol. The van der Waals surface area contributed by atoms with Gasteiger partial charge in [-0.05, 0) is 18.9 Å². The highest BCUT2D eigenvalue weighted by molar-refractivity contribution is 7.91. The zero-order chi connectivity index (χ0) is 21.1. The molecule has 2 aromatic rings. The second-order valence-corrected chi connectivity index (χ2v) is 11.6. The predicted octanol–water partition coefficient (Wildman–Crippen LogP) is 1.79. The maximum atomic E-state index is 12.4. The van der Waals surface area contributed by atoms with Gasteiger partial charge >= 0.3 is 0 Å². The number of thiazole rings is 1. The van der Waals surface area contributed by atoms with Crippen LogP contribution in [0.5, 0.6) is 0 Å². The minimum absolute atomic E-state index is 0.0525. The van der Waals surface area contributed by atoms with E-state index in [0.717, 1.165) is 43.9 Å².